The molecule has 1 heterocycles. The summed E-state index contributed by atoms with van der Waals surface area (Å²) in [6.45, 7) is 0.876. The molecule has 20 heavy (non-hydrogen) atoms. The van der Waals surface area contributed by atoms with Gasteiger partial charge in [0.15, 0.2) is 0 Å². The first-order valence-corrected chi connectivity index (χ1v) is 7.16. The Hall–Kier alpha value is -1.95. The topological polar surface area (TPSA) is 81.7 Å². The maximum absolute atomic E-state index is 6.02. The Balaban J connectivity index is 1.65. The van der Waals surface area contributed by atoms with Crippen molar-refractivity contribution in [2.24, 2.45) is 11.7 Å². The predicted octanol–water partition coefficient (Wildman–Crippen LogP) is 1.59. The van der Waals surface area contributed by atoms with Crippen molar-refractivity contribution >= 4 is 5.95 Å². The summed E-state index contributed by atoms with van der Waals surface area (Å²) < 4.78 is 1.72. The quantitative estimate of drug-likeness (QED) is 0.883. The van der Waals surface area contributed by atoms with E-state index in [1.165, 1.54) is 12.8 Å². The van der Waals surface area contributed by atoms with E-state index < -0.39 is 0 Å². The second-order valence-corrected chi connectivity index (χ2v) is 5.42. The minimum atomic E-state index is 0.348. The van der Waals surface area contributed by atoms with Crippen molar-refractivity contribution in [2.45, 2.75) is 31.7 Å². The standard InChI is InChI=1S/C14H20N6/c15-12-6-4-5-11(9-12)10-16-14-17-18-19-20(14)13-7-2-1-3-8-13/h1-3,7-8,11-12H,4-6,9-10,15H2,(H,16,17,19). The maximum Gasteiger partial charge on any atom is 0.247 e. The smallest absolute Gasteiger partial charge is 0.247 e. The number of nitrogens with zero attached hydrogens (tertiary/aromatic N) is 4. The van der Waals surface area contributed by atoms with Crippen molar-refractivity contribution in [1.82, 2.24) is 20.2 Å². The summed E-state index contributed by atoms with van der Waals surface area (Å²) >= 11 is 0. The van der Waals surface area contributed by atoms with Gasteiger partial charge in [0, 0.05) is 12.6 Å². The van der Waals surface area contributed by atoms with E-state index in [1.807, 2.05) is 30.3 Å². The molecule has 2 aromatic rings. The van der Waals surface area contributed by atoms with E-state index in [1.54, 1.807) is 4.68 Å². The predicted molar refractivity (Wildman–Crippen MR) is 77.6 cm³/mol. The fraction of sp³-hybridized carbons (Fsp3) is 0.500. The van der Waals surface area contributed by atoms with Crippen LogP contribution in [0.15, 0.2) is 30.3 Å². The van der Waals surface area contributed by atoms with E-state index in [0.717, 1.165) is 25.1 Å². The van der Waals surface area contributed by atoms with Crippen LogP contribution in [-0.2, 0) is 0 Å². The minimum absolute atomic E-state index is 0.348. The molecule has 6 nitrogen and oxygen atoms in total. The Labute approximate surface area is 118 Å². The highest BCUT2D eigenvalue weighted by Crippen LogP contribution is 2.23. The van der Waals surface area contributed by atoms with Gasteiger partial charge in [-0.25, -0.2) is 0 Å². The van der Waals surface area contributed by atoms with E-state index in [0.29, 0.717) is 17.9 Å². The number of anilines is 1. The molecule has 0 radical (unpaired) electrons. The molecular formula is C14H20N6. The Morgan fingerprint density at radius 3 is 2.90 bits per heavy atom. The first kappa shape index (κ1) is 13.1. The molecule has 1 aromatic carbocycles. The molecule has 3 N–H and O–H groups in total. The number of nitrogens with one attached hydrogen (secondary N) is 1. The average molecular weight is 272 g/mol. The van der Waals surface area contributed by atoms with Gasteiger partial charge in [0.25, 0.3) is 0 Å². The molecule has 106 valence electrons. The molecule has 6 heteroatoms. The fourth-order valence-electron chi connectivity index (χ4n) is 2.79. The minimum Gasteiger partial charge on any atom is -0.352 e. The molecule has 2 unspecified atom stereocenters. The van der Waals surface area contributed by atoms with Gasteiger partial charge in [-0.05, 0) is 47.7 Å². The van der Waals surface area contributed by atoms with E-state index >= 15 is 0 Å². The van der Waals surface area contributed by atoms with Crippen LogP contribution in [-0.4, -0.2) is 32.8 Å². The van der Waals surface area contributed by atoms with Crippen molar-refractivity contribution in [1.29, 1.82) is 0 Å². The molecule has 1 aliphatic carbocycles. The van der Waals surface area contributed by atoms with Gasteiger partial charge in [0.2, 0.25) is 5.95 Å². The second kappa shape index (κ2) is 6.00. The van der Waals surface area contributed by atoms with Gasteiger partial charge in [0.05, 0.1) is 5.69 Å². The lowest BCUT2D eigenvalue weighted by molar-refractivity contribution is 0.334. The Morgan fingerprint density at radius 2 is 2.10 bits per heavy atom. The summed E-state index contributed by atoms with van der Waals surface area (Å²) in [4.78, 5) is 0. The Bertz CT molecular complexity index is 538. The van der Waals surface area contributed by atoms with Gasteiger partial charge in [-0.3, -0.25) is 0 Å². The van der Waals surface area contributed by atoms with Crippen LogP contribution < -0.4 is 11.1 Å². The van der Waals surface area contributed by atoms with E-state index in [4.69, 9.17) is 5.73 Å². The number of hydrogen-bond acceptors (Lipinski definition) is 5. The summed E-state index contributed by atoms with van der Waals surface area (Å²) in [6, 6.07) is 10.2. The van der Waals surface area contributed by atoms with Crippen LogP contribution >= 0.6 is 0 Å². The van der Waals surface area contributed by atoms with Crippen LogP contribution in [0.5, 0.6) is 0 Å². The average Bonchev–Trinajstić information content (AvgIpc) is 2.95. The molecule has 0 aliphatic heterocycles. The highest BCUT2D eigenvalue weighted by Gasteiger charge is 2.19. The van der Waals surface area contributed by atoms with Crippen LogP contribution in [0.4, 0.5) is 5.95 Å². The number of hydrogen-bond donors (Lipinski definition) is 2. The van der Waals surface area contributed by atoms with Gasteiger partial charge < -0.3 is 11.1 Å². The van der Waals surface area contributed by atoms with E-state index in [-0.39, 0.29) is 0 Å². The van der Waals surface area contributed by atoms with Crippen LogP contribution in [0.1, 0.15) is 25.7 Å². The largest absolute Gasteiger partial charge is 0.352 e. The van der Waals surface area contributed by atoms with Gasteiger partial charge in [-0.2, -0.15) is 4.68 Å². The highest BCUT2D eigenvalue weighted by molar-refractivity contribution is 5.38. The SMILES string of the molecule is NC1CCCC(CNc2nnnn2-c2ccccc2)C1. The van der Waals surface area contributed by atoms with Gasteiger partial charge >= 0.3 is 0 Å². The fourth-order valence-corrected chi connectivity index (χ4v) is 2.79. The van der Waals surface area contributed by atoms with Crippen molar-refractivity contribution in [2.75, 3.05) is 11.9 Å². The number of rotatable bonds is 4. The maximum atomic E-state index is 6.02. The number of para-hydroxylation sites is 1. The molecule has 1 saturated carbocycles. The molecule has 1 aliphatic rings. The van der Waals surface area contributed by atoms with Crippen LogP contribution in [0.3, 0.4) is 0 Å². The summed E-state index contributed by atoms with van der Waals surface area (Å²) in [5.74, 6) is 1.30. The zero-order valence-electron chi connectivity index (χ0n) is 11.4. The number of tetrazole rings is 1. The first-order valence-electron chi connectivity index (χ1n) is 7.16. The van der Waals surface area contributed by atoms with Gasteiger partial charge in [-0.15, -0.1) is 0 Å². The third-order valence-electron chi connectivity index (χ3n) is 3.84. The van der Waals surface area contributed by atoms with Gasteiger partial charge in [0.1, 0.15) is 0 Å². The van der Waals surface area contributed by atoms with Crippen molar-refractivity contribution in [3.8, 4) is 5.69 Å². The normalized spacial score (nSPS) is 22.6. The highest BCUT2D eigenvalue weighted by atomic mass is 15.6. The van der Waals surface area contributed by atoms with Crippen molar-refractivity contribution in [3.05, 3.63) is 30.3 Å². The van der Waals surface area contributed by atoms with E-state index in [9.17, 15) is 0 Å². The summed E-state index contributed by atoms with van der Waals surface area (Å²) in [5.41, 5.74) is 6.98. The zero-order valence-corrected chi connectivity index (χ0v) is 11.4. The number of benzene rings is 1. The summed E-state index contributed by atoms with van der Waals surface area (Å²) in [6.07, 6.45) is 4.68. The van der Waals surface area contributed by atoms with Crippen LogP contribution in [0.2, 0.25) is 0 Å². The molecule has 1 fully saturated rings. The first-order chi connectivity index (χ1) is 9.83. The number of nitrogens with two attached hydrogens (primary N) is 1. The zero-order chi connectivity index (χ0) is 13.8. The van der Waals surface area contributed by atoms with Gasteiger partial charge in [-0.1, -0.05) is 29.7 Å². The second-order valence-electron chi connectivity index (χ2n) is 5.42. The lowest BCUT2D eigenvalue weighted by Gasteiger charge is -2.26. The molecule has 0 spiro atoms. The Kier molecular flexibility index (Phi) is 3.92. The molecule has 0 amide bonds. The molecule has 1 aromatic heterocycles. The third kappa shape index (κ3) is 2.96. The summed E-state index contributed by atoms with van der Waals surface area (Å²) in [5, 5.41) is 15.2. The molecule has 2 atom stereocenters. The summed E-state index contributed by atoms with van der Waals surface area (Å²) in [7, 11) is 0. The van der Waals surface area contributed by atoms with Crippen molar-refractivity contribution < 1.29 is 0 Å². The lowest BCUT2D eigenvalue weighted by atomic mass is 9.86. The molecule has 3 rings (SSSR count). The van der Waals surface area contributed by atoms with E-state index in [2.05, 4.69) is 20.8 Å². The molecule has 0 saturated heterocycles. The molecule has 0 bridgehead atoms. The van der Waals surface area contributed by atoms with Crippen LogP contribution in [0.25, 0.3) is 5.69 Å². The monoisotopic (exact) mass is 272 g/mol. The lowest BCUT2D eigenvalue weighted by Crippen LogP contribution is -2.31. The Morgan fingerprint density at radius 1 is 1.25 bits per heavy atom. The third-order valence-corrected chi connectivity index (χ3v) is 3.84. The molecular weight excluding hydrogens is 252 g/mol. The van der Waals surface area contributed by atoms with Crippen LogP contribution in [0, 0.1) is 5.92 Å². The number of aromatic nitrogens is 4. The van der Waals surface area contributed by atoms with Crippen molar-refractivity contribution in [3.63, 3.8) is 0 Å².